The topological polar surface area (TPSA) is 111 Å². The van der Waals surface area contributed by atoms with Crippen LogP contribution < -0.4 is 10.6 Å². The van der Waals surface area contributed by atoms with Crippen LogP contribution in [-0.4, -0.2) is 39.3 Å². The van der Waals surface area contributed by atoms with Gasteiger partial charge in [0.1, 0.15) is 18.0 Å². The first-order valence-electron chi connectivity index (χ1n) is 8.32. The van der Waals surface area contributed by atoms with Gasteiger partial charge in [0.05, 0.1) is 12.8 Å². The quantitative estimate of drug-likeness (QED) is 0.225. The second-order valence-corrected chi connectivity index (χ2v) is 6.83. The van der Waals surface area contributed by atoms with Gasteiger partial charge in [-0.15, -0.1) is 40.4 Å². The van der Waals surface area contributed by atoms with Crippen LogP contribution in [0.5, 0.6) is 0 Å². The van der Waals surface area contributed by atoms with Crippen LogP contribution in [0, 0.1) is 0 Å². The van der Waals surface area contributed by atoms with Crippen molar-refractivity contribution in [3.63, 3.8) is 0 Å². The Morgan fingerprint density at radius 3 is 2.89 bits per heavy atom. The second kappa shape index (κ2) is 9.85. The van der Waals surface area contributed by atoms with E-state index in [-0.39, 0.29) is 24.0 Å². The average Bonchev–Trinajstić information content (AvgIpc) is 3.39. The predicted molar refractivity (Wildman–Crippen MR) is 116 cm³/mol. The van der Waals surface area contributed by atoms with Gasteiger partial charge >= 0.3 is 0 Å². The number of aromatic nitrogens is 3. The van der Waals surface area contributed by atoms with Gasteiger partial charge in [0, 0.05) is 11.4 Å². The molecule has 0 aliphatic carbocycles. The minimum Gasteiger partial charge on any atom is -0.461 e. The summed E-state index contributed by atoms with van der Waals surface area (Å²) in [5.41, 5.74) is -0.969. The summed E-state index contributed by atoms with van der Waals surface area (Å²) in [6.45, 7) is 5.14. The van der Waals surface area contributed by atoms with Crippen LogP contribution in [0.4, 0.5) is 0 Å². The maximum absolute atomic E-state index is 10.6. The Hall–Kier alpha value is -1.92. The molecule has 27 heavy (non-hydrogen) atoms. The van der Waals surface area contributed by atoms with Crippen LogP contribution >= 0.6 is 35.3 Å². The van der Waals surface area contributed by atoms with E-state index in [9.17, 15) is 5.11 Å². The third-order valence-corrected chi connectivity index (χ3v) is 4.78. The maximum atomic E-state index is 10.6. The van der Waals surface area contributed by atoms with E-state index in [4.69, 9.17) is 4.42 Å². The molecule has 0 radical (unpaired) electrons. The lowest BCUT2D eigenvalue weighted by atomic mass is 10.1. The molecule has 0 saturated heterocycles. The molecule has 0 amide bonds. The van der Waals surface area contributed by atoms with Gasteiger partial charge in [-0.3, -0.25) is 5.10 Å². The Balaban J connectivity index is 0.00000261. The van der Waals surface area contributed by atoms with Crippen molar-refractivity contribution in [3.8, 4) is 11.6 Å². The standard InChI is InChI=1S/C17H22N6O2S.HI/c1-3-18-16(20-11-17(2,24)13-7-5-9-26-13)19-10-14-21-15(23-22-14)12-6-4-8-25-12;/h4-9,24H,3,10-11H2,1-2H3,(H2,18,19,20)(H,21,22,23);1H. The average molecular weight is 502 g/mol. The molecule has 3 aromatic heterocycles. The summed E-state index contributed by atoms with van der Waals surface area (Å²) in [5, 5.41) is 25.9. The second-order valence-electron chi connectivity index (χ2n) is 5.88. The third kappa shape index (κ3) is 5.78. The fourth-order valence-electron chi connectivity index (χ4n) is 2.31. The van der Waals surface area contributed by atoms with Gasteiger partial charge in [0.15, 0.2) is 11.7 Å². The molecule has 0 fully saturated rings. The minimum absolute atomic E-state index is 0. The summed E-state index contributed by atoms with van der Waals surface area (Å²) in [7, 11) is 0. The zero-order valence-electron chi connectivity index (χ0n) is 15.1. The molecule has 146 valence electrons. The summed E-state index contributed by atoms with van der Waals surface area (Å²) >= 11 is 1.52. The molecule has 0 bridgehead atoms. The molecule has 0 aliphatic heterocycles. The van der Waals surface area contributed by atoms with Crippen molar-refractivity contribution in [3.05, 3.63) is 46.6 Å². The van der Waals surface area contributed by atoms with E-state index in [1.54, 1.807) is 25.3 Å². The van der Waals surface area contributed by atoms with Crippen molar-refractivity contribution < 1.29 is 9.52 Å². The number of hydrogen-bond donors (Lipinski definition) is 4. The van der Waals surface area contributed by atoms with Crippen molar-refractivity contribution in [1.29, 1.82) is 0 Å². The number of nitrogens with one attached hydrogen (secondary N) is 3. The first kappa shape index (κ1) is 21.4. The molecule has 3 heterocycles. The Bertz CT molecular complexity index is 830. The van der Waals surface area contributed by atoms with E-state index in [1.807, 2.05) is 24.4 Å². The van der Waals surface area contributed by atoms with E-state index >= 15 is 0 Å². The van der Waals surface area contributed by atoms with Gasteiger partial charge < -0.3 is 20.2 Å². The van der Waals surface area contributed by atoms with E-state index in [1.165, 1.54) is 11.3 Å². The number of aromatic amines is 1. The van der Waals surface area contributed by atoms with E-state index in [0.29, 0.717) is 43.0 Å². The lowest BCUT2D eigenvalue weighted by Crippen LogP contribution is -2.44. The molecule has 10 heteroatoms. The number of halogens is 1. The summed E-state index contributed by atoms with van der Waals surface area (Å²) in [5.74, 6) is 2.33. The molecule has 8 nitrogen and oxygen atoms in total. The molecule has 1 unspecified atom stereocenters. The van der Waals surface area contributed by atoms with Crippen LogP contribution in [0.3, 0.4) is 0 Å². The molecular formula is C17H23IN6O2S. The van der Waals surface area contributed by atoms with E-state index in [0.717, 1.165) is 4.88 Å². The predicted octanol–water partition coefficient (Wildman–Crippen LogP) is 2.71. The van der Waals surface area contributed by atoms with E-state index in [2.05, 4.69) is 30.8 Å². The van der Waals surface area contributed by atoms with Gasteiger partial charge in [-0.2, -0.15) is 0 Å². The number of furan rings is 1. The first-order valence-corrected chi connectivity index (χ1v) is 9.20. The Morgan fingerprint density at radius 1 is 1.37 bits per heavy atom. The van der Waals surface area contributed by atoms with Gasteiger partial charge in [0.2, 0.25) is 5.82 Å². The lowest BCUT2D eigenvalue weighted by molar-refractivity contribution is 0.0655. The highest BCUT2D eigenvalue weighted by Crippen LogP contribution is 2.24. The van der Waals surface area contributed by atoms with Gasteiger partial charge in [0.25, 0.3) is 0 Å². The van der Waals surface area contributed by atoms with Crippen molar-refractivity contribution in [2.24, 2.45) is 4.99 Å². The van der Waals surface area contributed by atoms with Crippen molar-refractivity contribution in [2.75, 3.05) is 13.1 Å². The number of thiophene rings is 1. The third-order valence-electron chi connectivity index (χ3n) is 3.66. The number of rotatable bonds is 7. The maximum Gasteiger partial charge on any atom is 0.216 e. The Kier molecular flexibility index (Phi) is 7.80. The molecular weight excluding hydrogens is 479 g/mol. The minimum atomic E-state index is -0.969. The number of aliphatic hydroxyl groups is 1. The summed E-state index contributed by atoms with van der Waals surface area (Å²) < 4.78 is 5.28. The molecule has 0 spiro atoms. The highest BCUT2D eigenvalue weighted by Gasteiger charge is 2.24. The Labute approximate surface area is 178 Å². The largest absolute Gasteiger partial charge is 0.461 e. The highest BCUT2D eigenvalue weighted by molar-refractivity contribution is 14.0. The smallest absolute Gasteiger partial charge is 0.216 e. The molecule has 0 aliphatic rings. The van der Waals surface area contributed by atoms with Crippen LogP contribution in [0.1, 0.15) is 24.5 Å². The summed E-state index contributed by atoms with van der Waals surface area (Å²) in [6.07, 6.45) is 1.58. The highest BCUT2D eigenvalue weighted by atomic mass is 127. The van der Waals surface area contributed by atoms with Gasteiger partial charge in [-0.25, -0.2) is 9.98 Å². The monoisotopic (exact) mass is 502 g/mol. The first-order chi connectivity index (χ1) is 12.6. The normalized spacial score (nSPS) is 13.7. The van der Waals surface area contributed by atoms with Crippen molar-refractivity contribution >= 4 is 41.3 Å². The molecule has 1 atom stereocenters. The zero-order valence-corrected chi connectivity index (χ0v) is 18.2. The number of aliphatic imine (C=N–C) groups is 1. The molecule has 4 N–H and O–H groups in total. The summed E-state index contributed by atoms with van der Waals surface area (Å²) in [4.78, 5) is 9.75. The number of guanidine groups is 1. The van der Waals surface area contributed by atoms with Gasteiger partial charge in [-0.05, 0) is 37.4 Å². The van der Waals surface area contributed by atoms with Crippen LogP contribution in [0.2, 0.25) is 0 Å². The molecule has 0 saturated carbocycles. The molecule has 3 rings (SSSR count). The van der Waals surface area contributed by atoms with Crippen molar-refractivity contribution in [1.82, 2.24) is 25.8 Å². The van der Waals surface area contributed by atoms with Crippen LogP contribution in [0.15, 0.2) is 45.3 Å². The Morgan fingerprint density at radius 2 is 2.22 bits per heavy atom. The number of nitrogens with zero attached hydrogens (tertiary/aromatic N) is 3. The molecule has 0 aromatic carbocycles. The fourth-order valence-corrected chi connectivity index (χ4v) is 3.09. The van der Waals surface area contributed by atoms with Crippen LogP contribution in [-0.2, 0) is 12.1 Å². The van der Waals surface area contributed by atoms with Gasteiger partial charge in [-0.1, -0.05) is 6.07 Å². The van der Waals surface area contributed by atoms with Crippen LogP contribution in [0.25, 0.3) is 11.6 Å². The van der Waals surface area contributed by atoms with E-state index < -0.39 is 5.60 Å². The number of hydrogen-bond acceptors (Lipinski definition) is 6. The zero-order chi connectivity index (χ0) is 18.4. The number of H-pyrrole nitrogens is 1. The van der Waals surface area contributed by atoms with Crippen molar-refractivity contribution in [2.45, 2.75) is 26.0 Å². The SMILES string of the molecule is CCNC(=NCc1nc(-c2ccco2)n[nH]1)NCC(C)(O)c1cccs1.I. The summed E-state index contributed by atoms with van der Waals surface area (Å²) in [6, 6.07) is 7.43. The molecule has 3 aromatic rings. The fraction of sp³-hybridized carbons (Fsp3) is 0.353. The lowest BCUT2D eigenvalue weighted by Gasteiger charge is -2.23.